The molecule has 96 valence electrons. The van der Waals surface area contributed by atoms with Crippen LogP contribution in [0.25, 0.3) is 0 Å². The Morgan fingerprint density at radius 1 is 1.24 bits per heavy atom. The van der Waals surface area contributed by atoms with Gasteiger partial charge in [0.1, 0.15) is 0 Å². The van der Waals surface area contributed by atoms with Gasteiger partial charge in [-0.05, 0) is 25.1 Å². The van der Waals surface area contributed by atoms with Crippen LogP contribution in [0.5, 0.6) is 0 Å². The smallest absolute Gasteiger partial charge is 0.191 e. The maximum Gasteiger partial charge on any atom is 0.191 e. The Kier molecular flexibility index (Phi) is 6.61. The van der Waals surface area contributed by atoms with Crippen molar-refractivity contribution in [1.29, 1.82) is 0 Å². The quantitative estimate of drug-likeness (QED) is 0.528. The molecule has 1 nitrogen and oxygen atoms in total. The molecule has 1 atom stereocenters. The van der Waals surface area contributed by atoms with Gasteiger partial charge in [0.05, 0.1) is 0 Å². The molecule has 0 radical (unpaired) electrons. The van der Waals surface area contributed by atoms with Crippen LogP contribution >= 0.6 is 0 Å². The molecule has 0 rings (SSSR count). The highest BCUT2D eigenvalue weighted by Crippen LogP contribution is 2.36. The molecule has 0 saturated carbocycles. The molecule has 0 aromatic carbocycles. The standard InChI is InChI=1S/C15H26OSi/c1-8-10-12-14(11-9-2)13-16-17(6,7)15(3,4)5/h2,14H,11-13H2,1,3-7H3. The van der Waals surface area contributed by atoms with Crippen LogP contribution in [0.1, 0.15) is 40.5 Å². The first-order chi connectivity index (χ1) is 7.74. The molecule has 0 amide bonds. The SMILES string of the molecule is C#CCC(CC#CC)CO[Si](C)(C)C(C)(C)C. The summed E-state index contributed by atoms with van der Waals surface area (Å²) >= 11 is 0. The van der Waals surface area contributed by atoms with Crippen molar-refractivity contribution in [2.24, 2.45) is 5.92 Å². The molecule has 0 aliphatic carbocycles. The van der Waals surface area contributed by atoms with Crippen molar-refractivity contribution >= 4 is 8.32 Å². The van der Waals surface area contributed by atoms with Gasteiger partial charge in [0, 0.05) is 25.4 Å². The summed E-state index contributed by atoms with van der Waals surface area (Å²) in [5.74, 6) is 9.11. The molecule has 0 bridgehead atoms. The number of hydrogen-bond donors (Lipinski definition) is 0. The van der Waals surface area contributed by atoms with E-state index in [4.69, 9.17) is 10.8 Å². The Bertz CT molecular complexity index is 320. The fraction of sp³-hybridized carbons (Fsp3) is 0.733. The molecule has 0 heterocycles. The Morgan fingerprint density at radius 3 is 2.24 bits per heavy atom. The minimum atomic E-state index is -1.65. The van der Waals surface area contributed by atoms with E-state index in [0.29, 0.717) is 5.92 Å². The fourth-order valence-corrected chi connectivity index (χ4v) is 2.23. The van der Waals surface area contributed by atoms with E-state index in [9.17, 15) is 0 Å². The lowest BCUT2D eigenvalue weighted by Crippen LogP contribution is -2.41. The molecule has 0 aliphatic rings. The zero-order chi connectivity index (χ0) is 13.5. The van der Waals surface area contributed by atoms with Gasteiger partial charge in [0.25, 0.3) is 0 Å². The largest absolute Gasteiger partial charge is 0.416 e. The summed E-state index contributed by atoms with van der Waals surface area (Å²) in [6, 6.07) is 0. The molecule has 0 aromatic heterocycles. The molecule has 0 aliphatic heterocycles. The first-order valence-electron chi connectivity index (χ1n) is 6.21. The van der Waals surface area contributed by atoms with Crippen LogP contribution in [0.2, 0.25) is 18.1 Å². The van der Waals surface area contributed by atoms with Gasteiger partial charge in [-0.3, -0.25) is 0 Å². The van der Waals surface area contributed by atoms with E-state index in [2.05, 4.69) is 51.6 Å². The zero-order valence-corrected chi connectivity index (χ0v) is 13.2. The Hall–Kier alpha value is -0.703. The van der Waals surface area contributed by atoms with E-state index in [1.54, 1.807) is 0 Å². The number of hydrogen-bond acceptors (Lipinski definition) is 1. The van der Waals surface area contributed by atoms with E-state index < -0.39 is 8.32 Å². The van der Waals surface area contributed by atoms with Crippen molar-refractivity contribution in [1.82, 2.24) is 0 Å². The summed E-state index contributed by atoms with van der Waals surface area (Å²) in [6.45, 7) is 13.9. The highest BCUT2D eigenvalue weighted by molar-refractivity contribution is 6.74. The molecule has 1 unspecified atom stereocenters. The van der Waals surface area contributed by atoms with E-state index in [-0.39, 0.29) is 5.04 Å². The predicted molar refractivity (Wildman–Crippen MR) is 78.2 cm³/mol. The molecule has 0 aromatic rings. The fourth-order valence-electron chi connectivity index (χ4n) is 1.15. The minimum Gasteiger partial charge on any atom is -0.416 e. The first-order valence-corrected chi connectivity index (χ1v) is 9.12. The van der Waals surface area contributed by atoms with Crippen molar-refractivity contribution in [3.8, 4) is 24.2 Å². The van der Waals surface area contributed by atoms with Gasteiger partial charge in [-0.1, -0.05) is 20.8 Å². The second-order valence-electron chi connectivity index (χ2n) is 5.98. The lowest BCUT2D eigenvalue weighted by atomic mass is 10.0. The lowest BCUT2D eigenvalue weighted by molar-refractivity contribution is 0.232. The maximum atomic E-state index is 6.18. The van der Waals surface area contributed by atoms with Crippen LogP contribution < -0.4 is 0 Å². The summed E-state index contributed by atoms with van der Waals surface area (Å²) in [6.07, 6.45) is 6.98. The minimum absolute atomic E-state index is 0.254. The highest BCUT2D eigenvalue weighted by atomic mass is 28.4. The van der Waals surface area contributed by atoms with Gasteiger partial charge in [0.15, 0.2) is 8.32 Å². The molecule has 0 fully saturated rings. The summed E-state index contributed by atoms with van der Waals surface area (Å²) in [7, 11) is -1.65. The third kappa shape index (κ3) is 5.96. The summed E-state index contributed by atoms with van der Waals surface area (Å²) in [4.78, 5) is 0. The molecule has 0 saturated heterocycles. The van der Waals surface area contributed by atoms with Crippen LogP contribution in [0.3, 0.4) is 0 Å². The van der Waals surface area contributed by atoms with E-state index in [1.807, 2.05) is 6.92 Å². The van der Waals surface area contributed by atoms with Crippen molar-refractivity contribution < 1.29 is 4.43 Å². The van der Waals surface area contributed by atoms with Gasteiger partial charge >= 0.3 is 0 Å². The van der Waals surface area contributed by atoms with Crippen molar-refractivity contribution in [3.63, 3.8) is 0 Å². The summed E-state index contributed by atoms with van der Waals surface area (Å²) < 4.78 is 6.18. The second kappa shape index (κ2) is 6.89. The highest BCUT2D eigenvalue weighted by Gasteiger charge is 2.37. The van der Waals surface area contributed by atoms with Crippen LogP contribution in [-0.2, 0) is 4.43 Å². The molecule has 2 heteroatoms. The average molecular weight is 250 g/mol. The lowest BCUT2D eigenvalue weighted by Gasteiger charge is -2.37. The Labute approximate surface area is 108 Å². The topological polar surface area (TPSA) is 9.23 Å². The van der Waals surface area contributed by atoms with Gasteiger partial charge in [-0.2, -0.15) is 0 Å². The molecular weight excluding hydrogens is 224 g/mol. The monoisotopic (exact) mass is 250 g/mol. The Balaban J connectivity index is 4.38. The molecule has 17 heavy (non-hydrogen) atoms. The van der Waals surface area contributed by atoms with Crippen molar-refractivity contribution in [2.45, 2.75) is 58.7 Å². The van der Waals surface area contributed by atoms with Gasteiger partial charge in [0.2, 0.25) is 0 Å². The van der Waals surface area contributed by atoms with Gasteiger partial charge in [-0.15, -0.1) is 24.2 Å². The van der Waals surface area contributed by atoms with Crippen LogP contribution in [0, 0.1) is 30.1 Å². The van der Waals surface area contributed by atoms with E-state index in [1.165, 1.54) is 0 Å². The van der Waals surface area contributed by atoms with Crippen molar-refractivity contribution in [3.05, 3.63) is 0 Å². The first kappa shape index (κ1) is 16.3. The number of terminal acetylenes is 1. The summed E-state index contributed by atoms with van der Waals surface area (Å²) in [5.41, 5.74) is 0. The normalized spacial score (nSPS) is 13.5. The molecular formula is C15H26OSi. The van der Waals surface area contributed by atoms with Gasteiger partial charge < -0.3 is 4.43 Å². The van der Waals surface area contributed by atoms with Crippen LogP contribution in [-0.4, -0.2) is 14.9 Å². The van der Waals surface area contributed by atoms with Crippen LogP contribution in [0.4, 0.5) is 0 Å². The van der Waals surface area contributed by atoms with Gasteiger partial charge in [-0.25, -0.2) is 0 Å². The second-order valence-corrected chi connectivity index (χ2v) is 10.8. The number of rotatable bonds is 5. The predicted octanol–water partition coefficient (Wildman–Crippen LogP) is 4.06. The van der Waals surface area contributed by atoms with E-state index >= 15 is 0 Å². The van der Waals surface area contributed by atoms with E-state index in [0.717, 1.165) is 19.4 Å². The van der Waals surface area contributed by atoms with Crippen LogP contribution in [0.15, 0.2) is 0 Å². The third-order valence-electron chi connectivity index (χ3n) is 3.46. The zero-order valence-electron chi connectivity index (χ0n) is 12.2. The molecule has 0 spiro atoms. The Morgan fingerprint density at radius 2 is 1.82 bits per heavy atom. The third-order valence-corrected chi connectivity index (χ3v) is 7.96. The molecule has 0 N–H and O–H groups in total. The average Bonchev–Trinajstić information content (AvgIpc) is 2.20. The van der Waals surface area contributed by atoms with Crippen molar-refractivity contribution in [2.75, 3.05) is 6.61 Å². The summed E-state index contributed by atoms with van der Waals surface area (Å²) in [5, 5.41) is 0.254. The maximum absolute atomic E-state index is 6.18.